The van der Waals surface area contributed by atoms with Crippen molar-refractivity contribution in [2.45, 2.75) is 32.2 Å². The van der Waals surface area contributed by atoms with Gasteiger partial charge in [0.25, 0.3) is 0 Å². The van der Waals surface area contributed by atoms with Crippen LogP contribution in [0.1, 0.15) is 31.4 Å². The van der Waals surface area contributed by atoms with Crippen LogP contribution in [0.15, 0.2) is 12.3 Å². The van der Waals surface area contributed by atoms with E-state index in [4.69, 9.17) is 5.73 Å². The van der Waals surface area contributed by atoms with Gasteiger partial charge in [-0.05, 0) is 18.9 Å². The molecule has 1 fully saturated rings. The summed E-state index contributed by atoms with van der Waals surface area (Å²) in [4.78, 5) is 0. The van der Waals surface area contributed by atoms with E-state index in [0.29, 0.717) is 12.5 Å². The summed E-state index contributed by atoms with van der Waals surface area (Å²) in [6.07, 6.45) is 3.91. The molecule has 1 heterocycles. The predicted molar refractivity (Wildman–Crippen MR) is 58.4 cm³/mol. The molecule has 1 aliphatic rings. The van der Waals surface area contributed by atoms with Crippen molar-refractivity contribution in [1.82, 2.24) is 9.78 Å². The molecule has 2 atom stereocenters. The van der Waals surface area contributed by atoms with Crippen LogP contribution in [0.2, 0.25) is 0 Å². The third-order valence-corrected chi connectivity index (χ3v) is 3.45. The molecule has 2 rings (SSSR count). The SMILES string of the molecule is CCCn1nccc1C1CC1(CN)CO. The van der Waals surface area contributed by atoms with Crippen LogP contribution in [-0.4, -0.2) is 28.0 Å². The number of rotatable bonds is 5. The Morgan fingerprint density at radius 3 is 3.07 bits per heavy atom. The zero-order valence-corrected chi connectivity index (χ0v) is 9.19. The maximum absolute atomic E-state index is 9.34. The van der Waals surface area contributed by atoms with E-state index in [-0.39, 0.29) is 12.0 Å². The van der Waals surface area contributed by atoms with Crippen LogP contribution < -0.4 is 5.73 Å². The molecule has 0 saturated heterocycles. The molecule has 0 aromatic carbocycles. The Kier molecular flexibility index (Phi) is 2.80. The van der Waals surface area contributed by atoms with Crippen molar-refractivity contribution in [1.29, 1.82) is 0 Å². The number of aliphatic hydroxyl groups is 1. The second-order valence-electron chi connectivity index (χ2n) is 4.46. The molecule has 4 heteroatoms. The molecule has 0 aliphatic heterocycles. The van der Waals surface area contributed by atoms with E-state index < -0.39 is 0 Å². The Bertz CT molecular complexity index is 330. The first-order valence-electron chi connectivity index (χ1n) is 5.60. The molecule has 2 unspecified atom stereocenters. The van der Waals surface area contributed by atoms with Gasteiger partial charge in [-0.1, -0.05) is 6.92 Å². The molecular formula is C11H19N3O. The van der Waals surface area contributed by atoms with Crippen molar-refractivity contribution >= 4 is 0 Å². The Morgan fingerprint density at radius 2 is 2.53 bits per heavy atom. The monoisotopic (exact) mass is 209 g/mol. The first kappa shape index (κ1) is 10.6. The number of hydrogen-bond donors (Lipinski definition) is 2. The number of nitrogens with two attached hydrogens (primary N) is 1. The second-order valence-corrected chi connectivity index (χ2v) is 4.46. The van der Waals surface area contributed by atoms with Crippen LogP contribution in [0, 0.1) is 5.41 Å². The molecule has 1 aromatic heterocycles. The molecule has 0 spiro atoms. The van der Waals surface area contributed by atoms with E-state index in [2.05, 4.69) is 12.0 Å². The van der Waals surface area contributed by atoms with E-state index in [0.717, 1.165) is 19.4 Å². The minimum atomic E-state index is -0.0640. The van der Waals surface area contributed by atoms with Gasteiger partial charge in [-0.2, -0.15) is 5.10 Å². The number of aryl methyl sites for hydroxylation is 1. The van der Waals surface area contributed by atoms with Gasteiger partial charge in [-0.15, -0.1) is 0 Å². The third kappa shape index (κ3) is 1.68. The first-order valence-corrected chi connectivity index (χ1v) is 5.60. The standard InChI is InChI=1S/C11H19N3O/c1-2-5-14-10(3-4-13-14)9-6-11(9,7-12)8-15/h3-4,9,15H,2,5-8,12H2,1H3. The van der Waals surface area contributed by atoms with Gasteiger partial charge in [-0.25, -0.2) is 0 Å². The normalized spacial score (nSPS) is 29.4. The quantitative estimate of drug-likeness (QED) is 0.751. The number of aliphatic hydroxyl groups excluding tert-OH is 1. The fourth-order valence-corrected chi connectivity index (χ4v) is 2.27. The van der Waals surface area contributed by atoms with E-state index in [1.54, 1.807) is 0 Å². The highest BCUT2D eigenvalue weighted by molar-refractivity contribution is 5.24. The molecule has 15 heavy (non-hydrogen) atoms. The molecular weight excluding hydrogens is 190 g/mol. The Labute approximate surface area is 90.1 Å². The number of nitrogens with zero attached hydrogens (tertiary/aromatic N) is 2. The minimum Gasteiger partial charge on any atom is -0.396 e. The number of hydrogen-bond acceptors (Lipinski definition) is 3. The summed E-state index contributed by atoms with van der Waals surface area (Å²) in [6, 6.07) is 2.05. The molecule has 84 valence electrons. The van der Waals surface area contributed by atoms with Crippen molar-refractivity contribution in [2.24, 2.45) is 11.1 Å². The molecule has 1 aliphatic carbocycles. The molecule has 1 saturated carbocycles. The topological polar surface area (TPSA) is 64.1 Å². The Balaban J connectivity index is 2.15. The Hall–Kier alpha value is -0.870. The summed E-state index contributed by atoms with van der Waals surface area (Å²) in [5, 5.41) is 13.6. The zero-order valence-electron chi connectivity index (χ0n) is 9.19. The molecule has 0 radical (unpaired) electrons. The fourth-order valence-electron chi connectivity index (χ4n) is 2.27. The molecule has 4 nitrogen and oxygen atoms in total. The van der Waals surface area contributed by atoms with Crippen molar-refractivity contribution < 1.29 is 5.11 Å². The maximum atomic E-state index is 9.34. The lowest BCUT2D eigenvalue weighted by atomic mass is 10.0. The van der Waals surface area contributed by atoms with Gasteiger partial charge in [-0.3, -0.25) is 4.68 Å². The average Bonchev–Trinajstić information content (AvgIpc) is 2.83. The highest BCUT2D eigenvalue weighted by Crippen LogP contribution is 2.58. The lowest BCUT2D eigenvalue weighted by Crippen LogP contribution is -2.22. The van der Waals surface area contributed by atoms with Gasteiger partial charge in [0.15, 0.2) is 0 Å². The summed E-state index contributed by atoms with van der Waals surface area (Å²) in [7, 11) is 0. The van der Waals surface area contributed by atoms with Crippen LogP contribution in [-0.2, 0) is 6.54 Å². The lowest BCUT2D eigenvalue weighted by Gasteiger charge is -2.12. The highest BCUT2D eigenvalue weighted by Gasteiger charge is 2.54. The van der Waals surface area contributed by atoms with Crippen molar-refractivity contribution in [2.75, 3.05) is 13.2 Å². The number of aromatic nitrogens is 2. The van der Waals surface area contributed by atoms with Crippen molar-refractivity contribution in [3.8, 4) is 0 Å². The molecule has 3 N–H and O–H groups in total. The van der Waals surface area contributed by atoms with Crippen LogP contribution >= 0.6 is 0 Å². The summed E-state index contributed by atoms with van der Waals surface area (Å²) in [5.41, 5.74) is 6.88. The molecule has 1 aromatic rings. The van der Waals surface area contributed by atoms with Gasteiger partial charge < -0.3 is 10.8 Å². The smallest absolute Gasteiger partial charge is 0.0506 e. The summed E-state index contributed by atoms with van der Waals surface area (Å²) in [6.45, 7) is 3.84. The third-order valence-electron chi connectivity index (χ3n) is 3.45. The van der Waals surface area contributed by atoms with E-state index in [1.165, 1.54) is 5.69 Å². The highest BCUT2D eigenvalue weighted by atomic mass is 16.3. The molecule has 0 amide bonds. The maximum Gasteiger partial charge on any atom is 0.0506 e. The van der Waals surface area contributed by atoms with Crippen LogP contribution in [0.4, 0.5) is 0 Å². The summed E-state index contributed by atoms with van der Waals surface area (Å²) >= 11 is 0. The van der Waals surface area contributed by atoms with Gasteiger partial charge in [0.1, 0.15) is 0 Å². The van der Waals surface area contributed by atoms with Crippen molar-refractivity contribution in [3.05, 3.63) is 18.0 Å². The van der Waals surface area contributed by atoms with Crippen LogP contribution in [0.5, 0.6) is 0 Å². The van der Waals surface area contributed by atoms with Crippen LogP contribution in [0.3, 0.4) is 0 Å². The lowest BCUT2D eigenvalue weighted by molar-refractivity contribution is 0.210. The van der Waals surface area contributed by atoms with Gasteiger partial charge in [0.2, 0.25) is 0 Å². The van der Waals surface area contributed by atoms with Gasteiger partial charge >= 0.3 is 0 Å². The molecule has 0 bridgehead atoms. The van der Waals surface area contributed by atoms with Gasteiger partial charge in [0.05, 0.1) is 6.61 Å². The summed E-state index contributed by atoms with van der Waals surface area (Å²) < 4.78 is 2.04. The Morgan fingerprint density at radius 1 is 1.73 bits per heavy atom. The average molecular weight is 209 g/mol. The minimum absolute atomic E-state index is 0.0640. The van der Waals surface area contributed by atoms with E-state index in [1.807, 2.05) is 16.9 Å². The zero-order chi connectivity index (χ0) is 10.9. The van der Waals surface area contributed by atoms with Crippen LogP contribution in [0.25, 0.3) is 0 Å². The van der Waals surface area contributed by atoms with E-state index >= 15 is 0 Å². The van der Waals surface area contributed by atoms with Gasteiger partial charge in [0, 0.05) is 36.3 Å². The predicted octanol–water partition coefficient (Wildman–Crippen LogP) is 0.718. The second kappa shape index (κ2) is 3.94. The fraction of sp³-hybridized carbons (Fsp3) is 0.727. The largest absolute Gasteiger partial charge is 0.396 e. The summed E-state index contributed by atoms with van der Waals surface area (Å²) in [5.74, 6) is 0.404. The van der Waals surface area contributed by atoms with E-state index in [9.17, 15) is 5.11 Å². The first-order chi connectivity index (χ1) is 7.27. The van der Waals surface area contributed by atoms with Crippen molar-refractivity contribution in [3.63, 3.8) is 0 Å².